The van der Waals surface area contributed by atoms with E-state index in [1.54, 1.807) is 0 Å². The van der Waals surface area contributed by atoms with Crippen LogP contribution in [-0.4, -0.2) is 23.9 Å². The molecule has 0 saturated heterocycles. The van der Waals surface area contributed by atoms with Crippen molar-refractivity contribution >= 4 is 17.7 Å². The molecule has 2 unspecified atom stereocenters. The van der Waals surface area contributed by atoms with E-state index < -0.39 is 5.54 Å². The second-order valence-electron chi connectivity index (χ2n) is 5.67. The maximum absolute atomic E-state index is 11.8. The Kier molecular flexibility index (Phi) is 5.11. The molecule has 2 N–H and O–H groups in total. The van der Waals surface area contributed by atoms with Crippen LogP contribution in [-0.2, 0) is 15.3 Å². The molecule has 2 atom stereocenters. The topological polar surface area (TPSA) is 52.3 Å². The fraction of sp³-hybridized carbons (Fsp3) is 0.562. The largest absolute Gasteiger partial charge is 0.468 e. The van der Waals surface area contributed by atoms with E-state index in [-0.39, 0.29) is 5.97 Å². The van der Waals surface area contributed by atoms with Gasteiger partial charge in [0.2, 0.25) is 0 Å². The summed E-state index contributed by atoms with van der Waals surface area (Å²) in [4.78, 5) is 11.8. The third kappa shape index (κ3) is 3.76. The van der Waals surface area contributed by atoms with Crippen LogP contribution in [0.1, 0.15) is 36.8 Å². The number of aryl methyl sites for hydroxylation is 1. The van der Waals surface area contributed by atoms with Gasteiger partial charge in [0, 0.05) is 11.0 Å². The van der Waals surface area contributed by atoms with E-state index in [2.05, 4.69) is 31.2 Å². The summed E-state index contributed by atoms with van der Waals surface area (Å²) in [5, 5.41) is 0.438. The quantitative estimate of drug-likeness (QED) is 0.867. The number of methoxy groups -OCH3 is 1. The summed E-state index contributed by atoms with van der Waals surface area (Å²) in [6.45, 7) is 2.11. The number of esters is 1. The summed E-state index contributed by atoms with van der Waals surface area (Å²) in [5.74, 6) is 0.710. The van der Waals surface area contributed by atoms with E-state index in [9.17, 15) is 4.79 Å². The van der Waals surface area contributed by atoms with Crippen LogP contribution in [0.3, 0.4) is 0 Å². The van der Waals surface area contributed by atoms with Crippen LogP contribution in [0.25, 0.3) is 0 Å². The minimum absolute atomic E-state index is 0.265. The number of thioether (sulfide) groups is 1. The molecule has 0 aliphatic heterocycles. The number of nitrogens with two attached hydrogens (primary N) is 1. The maximum atomic E-state index is 11.8. The lowest BCUT2D eigenvalue weighted by molar-refractivity contribution is -0.148. The maximum Gasteiger partial charge on any atom is 0.325 e. The van der Waals surface area contributed by atoms with E-state index in [1.165, 1.54) is 18.2 Å². The van der Waals surface area contributed by atoms with Gasteiger partial charge >= 0.3 is 5.97 Å². The highest BCUT2D eigenvalue weighted by molar-refractivity contribution is 7.99. The standard InChI is InChI=1S/C16H23NO2S/c1-12-5-3-6-13(9-12)11-20-14-7-4-8-16(17,10-14)15(18)19-2/h3,5-6,9,14H,4,7-8,10-11,17H2,1-2H3. The molecule has 1 saturated carbocycles. The van der Waals surface area contributed by atoms with Crippen molar-refractivity contribution in [3.05, 3.63) is 35.4 Å². The Balaban J connectivity index is 1.92. The Morgan fingerprint density at radius 3 is 3.05 bits per heavy atom. The molecule has 20 heavy (non-hydrogen) atoms. The van der Waals surface area contributed by atoms with Crippen LogP contribution in [0.5, 0.6) is 0 Å². The zero-order valence-electron chi connectivity index (χ0n) is 12.2. The molecule has 1 aromatic rings. The number of rotatable bonds is 4. The molecule has 2 rings (SSSR count). The first-order valence-electron chi connectivity index (χ1n) is 7.08. The molecule has 1 aliphatic carbocycles. The number of ether oxygens (including phenoxy) is 1. The van der Waals surface area contributed by atoms with Crippen molar-refractivity contribution in [3.63, 3.8) is 0 Å². The Bertz CT molecular complexity index is 477. The first kappa shape index (κ1) is 15.4. The van der Waals surface area contributed by atoms with Crippen molar-refractivity contribution < 1.29 is 9.53 Å². The van der Waals surface area contributed by atoms with Gasteiger partial charge in [0.15, 0.2) is 0 Å². The predicted octanol–water partition coefficient (Wildman–Crippen LogP) is 3.04. The third-order valence-corrected chi connectivity index (χ3v) is 5.27. The van der Waals surface area contributed by atoms with Gasteiger partial charge in [-0.25, -0.2) is 0 Å². The highest BCUT2D eigenvalue weighted by atomic mass is 32.2. The molecule has 0 radical (unpaired) electrons. The molecular weight excluding hydrogens is 270 g/mol. The van der Waals surface area contributed by atoms with Crippen molar-refractivity contribution in [2.24, 2.45) is 5.73 Å². The van der Waals surface area contributed by atoms with E-state index in [1.807, 2.05) is 11.8 Å². The van der Waals surface area contributed by atoms with Crippen molar-refractivity contribution in [2.75, 3.05) is 7.11 Å². The monoisotopic (exact) mass is 293 g/mol. The first-order chi connectivity index (χ1) is 9.53. The van der Waals surface area contributed by atoms with E-state index >= 15 is 0 Å². The number of carbonyl (C=O) groups excluding carboxylic acids is 1. The van der Waals surface area contributed by atoms with Gasteiger partial charge in [-0.05, 0) is 38.2 Å². The molecule has 0 amide bonds. The van der Waals surface area contributed by atoms with Gasteiger partial charge in [-0.3, -0.25) is 4.79 Å². The van der Waals surface area contributed by atoms with Gasteiger partial charge in [-0.1, -0.05) is 29.8 Å². The Morgan fingerprint density at radius 1 is 1.55 bits per heavy atom. The number of hydrogen-bond donors (Lipinski definition) is 1. The molecule has 0 spiro atoms. The molecule has 110 valence electrons. The summed E-state index contributed by atoms with van der Waals surface area (Å²) in [6, 6.07) is 8.56. The van der Waals surface area contributed by atoms with Crippen LogP contribution >= 0.6 is 11.8 Å². The SMILES string of the molecule is COC(=O)C1(N)CCCC(SCc2cccc(C)c2)C1. The Hall–Kier alpha value is -1.00. The Labute approximate surface area is 125 Å². The van der Waals surface area contributed by atoms with Crippen molar-refractivity contribution in [3.8, 4) is 0 Å². The van der Waals surface area contributed by atoms with Crippen molar-refractivity contribution in [1.29, 1.82) is 0 Å². The lowest BCUT2D eigenvalue weighted by atomic mass is 9.82. The molecule has 0 aromatic heterocycles. The van der Waals surface area contributed by atoms with Crippen molar-refractivity contribution in [2.45, 2.75) is 49.1 Å². The number of carbonyl (C=O) groups is 1. The van der Waals surface area contributed by atoms with Crippen LogP contribution in [0, 0.1) is 6.92 Å². The van der Waals surface area contributed by atoms with Gasteiger partial charge < -0.3 is 10.5 Å². The second-order valence-corrected chi connectivity index (χ2v) is 6.95. The summed E-state index contributed by atoms with van der Waals surface area (Å²) in [6.07, 6.45) is 3.58. The average molecular weight is 293 g/mol. The molecular formula is C16H23NO2S. The fourth-order valence-corrected chi connectivity index (χ4v) is 4.16. The van der Waals surface area contributed by atoms with E-state index in [0.29, 0.717) is 5.25 Å². The zero-order chi connectivity index (χ0) is 14.6. The van der Waals surface area contributed by atoms with Gasteiger partial charge in [0.05, 0.1) is 7.11 Å². The zero-order valence-corrected chi connectivity index (χ0v) is 13.0. The number of benzene rings is 1. The van der Waals surface area contributed by atoms with Crippen LogP contribution in [0.2, 0.25) is 0 Å². The molecule has 1 aromatic carbocycles. The predicted molar refractivity (Wildman–Crippen MR) is 83.7 cm³/mol. The van der Waals surface area contributed by atoms with Gasteiger partial charge in [-0.15, -0.1) is 0 Å². The Morgan fingerprint density at radius 2 is 2.35 bits per heavy atom. The van der Waals surface area contributed by atoms with E-state index in [0.717, 1.165) is 31.4 Å². The summed E-state index contributed by atoms with van der Waals surface area (Å²) < 4.78 is 4.85. The van der Waals surface area contributed by atoms with Gasteiger partial charge in [0.1, 0.15) is 5.54 Å². The molecule has 1 aliphatic rings. The molecule has 1 fully saturated rings. The fourth-order valence-electron chi connectivity index (χ4n) is 2.80. The molecule has 3 nitrogen and oxygen atoms in total. The highest BCUT2D eigenvalue weighted by Gasteiger charge is 2.40. The average Bonchev–Trinajstić information content (AvgIpc) is 2.44. The lowest BCUT2D eigenvalue weighted by Gasteiger charge is -2.35. The first-order valence-corrected chi connectivity index (χ1v) is 8.13. The summed E-state index contributed by atoms with van der Waals surface area (Å²) in [7, 11) is 1.42. The third-order valence-electron chi connectivity index (χ3n) is 3.90. The van der Waals surface area contributed by atoms with Gasteiger partial charge in [0.25, 0.3) is 0 Å². The minimum Gasteiger partial charge on any atom is -0.468 e. The summed E-state index contributed by atoms with van der Waals surface area (Å²) in [5.41, 5.74) is 8.05. The second kappa shape index (κ2) is 6.64. The highest BCUT2D eigenvalue weighted by Crippen LogP contribution is 2.35. The van der Waals surface area contributed by atoms with Crippen molar-refractivity contribution in [1.82, 2.24) is 0 Å². The smallest absolute Gasteiger partial charge is 0.325 e. The molecule has 0 heterocycles. The van der Waals surface area contributed by atoms with Crippen LogP contribution in [0.15, 0.2) is 24.3 Å². The van der Waals surface area contributed by atoms with E-state index in [4.69, 9.17) is 10.5 Å². The van der Waals surface area contributed by atoms with Crippen LogP contribution in [0.4, 0.5) is 0 Å². The normalized spacial score (nSPS) is 26.2. The minimum atomic E-state index is -0.780. The van der Waals surface area contributed by atoms with Crippen LogP contribution < -0.4 is 5.73 Å². The summed E-state index contributed by atoms with van der Waals surface area (Å²) >= 11 is 1.90. The van der Waals surface area contributed by atoms with Gasteiger partial charge in [-0.2, -0.15) is 11.8 Å². The number of hydrogen-bond acceptors (Lipinski definition) is 4. The molecule has 0 bridgehead atoms. The molecule has 4 heteroatoms. The lowest BCUT2D eigenvalue weighted by Crippen LogP contribution is -2.52.